The van der Waals surface area contributed by atoms with Crippen LogP contribution in [0.25, 0.3) is 0 Å². The highest BCUT2D eigenvalue weighted by Crippen LogP contribution is 2.32. The smallest absolute Gasteiger partial charge is 0.335 e. The Hall–Kier alpha value is -2.04. The lowest BCUT2D eigenvalue weighted by Gasteiger charge is -2.29. The molecule has 114 valence electrons. The Labute approximate surface area is 124 Å². The lowest BCUT2D eigenvalue weighted by molar-refractivity contribution is 0.0697. The summed E-state index contributed by atoms with van der Waals surface area (Å²) < 4.78 is 0. The van der Waals surface area contributed by atoms with E-state index in [4.69, 9.17) is 5.11 Å². The van der Waals surface area contributed by atoms with Crippen LogP contribution in [-0.2, 0) is 6.54 Å². The molecule has 0 aliphatic heterocycles. The second-order valence-electron chi connectivity index (χ2n) is 5.65. The Balaban J connectivity index is 1.84. The molecule has 21 heavy (non-hydrogen) atoms. The van der Waals surface area contributed by atoms with Gasteiger partial charge < -0.3 is 15.7 Å². The van der Waals surface area contributed by atoms with Gasteiger partial charge in [0.2, 0.25) is 0 Å². The Morgan fingerprint density at radius 1 is 1.19 bits per heavy atom. The molecular formula is C16H22N2O3. The van der Waals surface area contributed by atoms with Gasteiger partial charge in [0, 0.05) is 12.1 Å². The molecule has 0 bridgehead atoms. The van der Waals surface area contributed by atoms with Crippen molar-refractivity contribution in [1.29, 1.82) is 0 Å². The van der Waals surface area contributed by atoms with Crippen LogP contribution in [0.1, 0.15) is 54.9 Å². The number of benzene rings is 1. The normalized spacial score (nSPS) is 16.4. The lowest BCUT2D eigenvalue weighted by atomic mass is 9.94. The van der Waals surface area contributed by atoms with Crippen molar-refractivity contribution in [2.45, 2.75) is 51.1 Å². The number of aromatic carboxylic acids is 1. The van der Waals surface area contributed by atoms with Gasteiger partial charge in [0.15, 0.2) is 0 Å². The first-order valence-electron chi connectivity index (χ1n) is 7.43. The summed E-state index contributed by atoms with van der Waals surface area (Å²) in [6.07, 6.45) is 5.39. The van der Waals surface area contributed by atoms with E-state index in [1.54, 1.807) is 24.3 Å². The third kappa shape index (κ3) is 3.97. The van der Waals surface area contributed by atoms with E-state index in [0.717, 1.165) is 24.8 Å². The molecule has 1 aliphatic carbocycles. The molecule has 3 N–H and O–H groups in total. The molecule has 0 atom stereocenters. The fraction of sp³-hybridized carbons (Fsp3) is 0.500. The van der Waals surface area contributed by atoms with E-state index in [9.17, 15) is 9.59 Å². The fourth-order valence-corrected chi connectivity index (χ4v) is 2.85. The molecule has 1 saturated carbocycles. The molecular weight excluding hydrogens is 268 g/mol. The molecule has 2 rings (SSSR count). The summed E-state index contributed by atoms with van der Waals surface area (Å²) in [5.74, 6) is -0.946. The molecule has 1 aliphatic rings. The molecule has 5 nitrogen and oxygen atoms in total. The van der Waals surface area contributed by atoms with Gasteiger partial charge in [0.05, 0.1) is 5.56 Å². The van der Waals surface area contributed by atoms with E-state index in [1.807, 2.05) is 0 Å². The average molecular weight is 290 g/mol. The van der Waals surface area contributed by atoms with Crippen LogP contribution in [0.2, 0.25) is 0 Å². The minimum atomic E-state index is -0.946. The van der Waals surface area contributed by atoms with Crippen molar-refractivity contribution in [3.05, 3.63) is 35.4 Å². The highest BCUT2D eigenvalue weighted by molar-refractivity contribution is 5.87. The first kappa shape index (κ1) is 15.4. The Kier molecular flexibility index (Phi) is 4.83. The van der Waals surface area contributed by atoms with Crippen LogP contribution in [-0.4, -0.2) is 22.6 Å². The quantitative estimate of drug-likeness (QED) is 0.780. The van der Waals surface area contributed by atoms with Gasteiger partial charge in [0.1, 0.15) is 0 Å². The second-order valence-corrected chi connectivity index (χ2v) is 5.65. The number of carboxylic acids is 1. The molecule has 1 fully saturated rings. The zero-order valence-corrected chi connectivity index (χ0v) is 12.3. The van der Waals surface area contributed by atoms with E-state index < -0.39 is 5.97 Å². The maximum Gasteiger partial charge on any atom is 0.335 e. The number of hydrogen-bond acceptors (Lipinski definition) is 2. The summed E-state index contributed by atoms with van der Waals surface area (Å²) in [4.78, 5) is 22.8. The molecule has 1 aromatic carbocycles. The predicted octanol–water partition coefficient (Wildman–Crippen LogP) is 2.91. The van der Waals surface area contributed by atoms with Gasteiger partial charge in [-0.2, -0.15) is 0 Å². The topological polar surface area (TPSA) is 78.4 Å². The zero-order valence-electron chi connectivity index (χ0n) is 12.3. The van der Waals surface area contributed by atoms with E-state index in [-0.39, 0.29) is 17.1 Å². The van der Waals surface area contributed by atoms with E-state index in [2.05, 4.69) is 17.6 Å². The van der Waals surface area contributed by atoms with Gasteiger partial charge >= 0.3 is 12.0 Å². The summed E-state index contributed by atoms with van der Waals surface area (Å²) in [5, 5.41) is 14.8. The maximum atomic E-state index is 12.0. The highest BCUT2D eigenvalue weighted by Gasteiger charge is 2.33. The highest BCUT2D eigenvalue weighted by atomic mass is 16.4. The van der Waals surface area contributed by atoms with Crippen LogP contribution in [0.15, 0.2) is 24.3 Å². The third-order valence-corrected chi connectivity index (χ3v) is 4.27. The predicted molar refractivity (Wildman–Crippen MR) is 80.3 cm³/mol. The van der Waals surface area contributed by atoms with Crippen LogP contribution >= 0.6 is 0 Å². The number of rotatable bonds is 5. The van der Waals surface area contributed by atoms with Crippen LogP contribution in [0, 0.1) is 0 Å². The van der Waals surface area contributed by atoms with Gasteiger partial charge in [-0.1, -0.05) is 31.9 Å². The molecule has 2 amide bonds. The number of carbonyl (C=O) groups is 2. The molecule has 0 aromatic heterocycles. The standard InChI is InChI=1S/C16H22N2O3/c1-2-16(9-3-4-10-16)18-15(21)17-11-12-5-7-13(8-6-12)14(19)20/h5-8H,2-4,9-11H2,1H3,(H,19,20)(H2,17,18,21). The van der Waals surface area contributed by atoms with Gasteiger partial charge in [-0.05, 0) is 37.0 Å². The van der Waals surface area contributed by atoms with Gasteiger partial charge in [-0.25, -0.2) is 9.59 Å². The van der Waals surface area contributed by atoms with Gasteiger partial charge in [-0.3, -0.25) is 0 Å². The van der Waals surface area contributed by atoms with E-state index in [0.29, 0.717) is 6.54 Å². The number of hydrogen-bond donors (Lipinski definition) is 3. The van der Waals surface area contributed by atoms with Crippen molar-refractivity contribution >= 4 is 12.0 Å². The molecule has 0 saturated heterocycles. The monoisotopic (exact) mass is 290 g/mol. The largest absolute Gasteiger partial charge is 0.478 e. The third-order valence-electron chi connectivity index (χ3n) is 4.27. The van der Waals surface area contributed by atoms with Crippen LogP contribution in [0.5, 0.6) is 0 Å². The SMILES string of the molecule is CCC1(NC(=O)NCc2ccc(C(=O)O)cc2)CCCC1. The number of carboxylic acid groups (broad SMARTS) is 1. The van der Waals surface area contributed by atoms with Gasteiger partial charge in [0.25, 0.3) is 0 Å². The minimum Gasteiger partial charge on any atom is -0.478 e. The number of amides is 2. The second kappa shape index (κ2) is 6.61. The van der Waals surface area contributed by atoms with E-state index in [1.165, 1.54) is 12.8 Å². The van der Waals surface area contributed by atoms with Crippen molar-refractivity contribution in [1.82, 2.24) is 10.6 Å². The minimum absolute atomic E-state index is 0.0444. The Bertz CT molecular complexity index is 505. The molecule has 1 aromatic rings. The zero-order chi connectivity index (χ0) is 15.3. The lowest BCUT2D eigenvalue weighted by Crippen LogP contribution is -2.49. The molecule has 0 unspecified atom stereocenters. The summed E-state index contributed by atoms with van der Waals surface area (Å²) >= 11 is 0. The molecule has 0 heterocycles. The van der Waals surface area contributed by atoms with Crippen molar-refractivity contribution in [2.75, 3.05) is 0 Å². The summed E-state index contributed by atoms with van der Waals surface area (Å²) in [6, 6.07) is 6.37. The van der Waals surface area contributed by atoms with Crippen LogP contribution < -0.4 is 10.6 Å². The Morgan fingerprint density at radius 2 is 1.81 bits per heavy atom. The van der Waals surface area contributed by atoms with Crippen LogP contribution in [0.3, 0.4) is 0 Å². The summed E-state index contributed by atoms with van der Waals surface area (Å²) in [6.45, 7) is 2.50. The summed E-state index contributed by atoms with van der Waals surface area (Å²) in [5.41, 5.74) is 1.09. The first-order chi connectivity index (χ1) is 10.0. The average Bonchev–Trinajstić information content (AvgIpc) is 2.94. The fourth-order valence-electron chi connectivity index (χ4n) is 2.85. The number of carbonyl (C=O) groups excluding carboxylic acids is 1. The molecule has 0 radical (unpaired) electrons. The van der Waals surface area contributed by atoms with Gasteiger partial charge in [-0.15, -0.1) is 0 Å². The first-order valence-corrected chi connectivity index (χ1v) is 7.43. The maximum absolute atomic E-state index is 12.0. The molecule has 0 spiro atoms. The molecule has 5 heteroatoms. The van der Waals surface area contributed by atoms with Crippen molar-refractivity contribution < 1.29 is 14.7 Å². The van der Waals surface area contributed by atoms with Crippen molar-refractivity contribution in [3.8, 4) is 0 Å². The van der Waals surface area contributed by atoms with Crippen LogP contribution in [0.4, 0.5) is 4.79 Å². The number of nitrogens with one attached hydrogen (secondary N) is 2. The van der Waals surface area contributed by atoms with Crippen molar-refractivity contribution in [2.24, 2.45) is 0 Å². The Morgan fingerprint density at radius 3 is 2.33 bits per heavy atom. The summed E-state index contributed by atoms with van der Waals surface area (Å²) in [7, 11) is 0. The number of urea groups is 1. The van der Waals surface area contributed by atoms with E-state index >= 15 is 0 Å². The van der Waals surface area contributed by atoms with Crippen molar-refractivity contribution in [3.63, 3.8) is 0 Å².